The molecule has 0 aliphatic heterocycles. The Labute approximate surface area is 151 Å². The molecule has 0 aromatic carbocycles. The lowest BCUT2D eigenvalue weighted by Gasteiger charge is -2.61. The highest BCUT2D eigenvalue weighted by Gasteiger charge is 2.62. The van der Waals surface area contributed by atoms with Gasteiger partial charge in [0.25, 0.3) is 0 Å². The lowest BCUT2D eigenvalue weighted by molar-refractivity contribution is -0.139. The zero-order valence-electron chi connectivity index (χ0n) is 16.0. The molecular formula is C22H34O3. The summed E-state index contributed by atoms with van der Waals surface area (Å²) in [6.45, 7) is 7.26. The summed E-state index contributed by atoms with van der Waals surface area (Å²) in [7, 11) is 0. The fraction of sp³-hybridized carbons (Fsp3) is 0.864. The normalized spacial score (nSPS) is 52.2. The van der Waals surface area contributed by atoms with Crippen LogP contribution in [0.15, 0.2) is 11.6 Å². The van der Waals surface area contributed by atoms with Crippen molar-refractivity contribution in [3.05, 3.63) is 11.6 Å². The van der Waals surface area contributed by atoms with Crippen LogP contribution in [0.5, 0.6) is 0 Å². The van der Waals surface area contributed by atoms with E-state index in [1.54, 1.807) is 0 Å². The summed E-state index contributed by atoms with van der Waals surface area (Å²) < 4.78 is 0. The molecule has 0 heterocycles. The fourth-order valence-corrected chi connectivity index (χ4v) is 7.85. The molecule has 0 aromatic rings. The van der Waals surface area contributed by atoms with Crippen LogP contribution >= 0.6 is 0 Å². The number of aliphatic hydroxyl groups is 2. The molecule has 0 saturated heterocycles. The maximum atomic E-state index is 12.0. The molecule has 8 atom stereocenters. The maximum absolute atomic E-state index is 12.0. The number of carbonyl (C=O) groups excluding carboxylic acids is 1. The second-order valence-corrected chi connectivity index (χ2v) is 9.98. The van der Waals surface area contributed by atoms with Gasteiger partial charge < -0.3 is 10.2 Å². The molecule has 4 aliphatic carbocycles. The van der Waals surface area contributed by atoms with Gasteiger partial charge in [-0.2, -0.15) is 0 Å². The molecule has 140 valence electrons. The molecule has 3 nitrogen and oxygen atoms in total. The highest BCUT2D eigenvalue weighted by Crippen LogP contribution is 2.67. The number of rotatable bonds is 2. The van der Waals surface area contributed by atoms with Crippen molar-refractivity contribution in [1.29, 1.82) is 0 Å². The van der Waals surface area contributed by atoms with Gasteiger partial charge in [-0.1, -0.05) is 26.3 Å². The van der Waals surface area contributed by atoms with E-state index in [-0.39, 0.29) is 29.3 Å². The van der Waals surface area contributed by atoms with Crippen molar-refractivity contribution in [2.75, 3.05) is 6.61 Å². The summed E-state index contributed by atoms with van der Waals surface area (Å²) in [6.07, 6.45) is 8.50. The van der Waals surface area contributed by atoms with Crippen molar-refractivity contribution in [1.82, 2.24) is 0 Å². The third kappa shape index (κ3) is 2.41. The first-order valence-electron chi connectivity index (χ1n) is 10.3. The van der Waals surface area contributed by atoms with Gasteiger partial charge in [-0.05, 0) is 85.0 Å². The van der Waals surface area contributed by atoms with Crippen LogP contribution in [0.3, 0.4) is 0 Å². The van der Waals surface area contributed by atoms with Crippen LogP contribution in [-0.2, 0) is 4.79 Å². The number of carbonyl (C=O) groups is 1. The van der Waals surface area contributed by atoms with Crippen LogP contribution in [-0.4, -0.2) is 28.7 Å². The van der Waals surface area contributed by atoms with Gasteiger partial charge in [0.05, 0.1) is 6.10 Å². The molecular weight excluding hydrogens is 312 g/mol. The molecule has 4 rings (SSSR count). The van der Waals surface area contributed by atoms with E-state index in [1.165, 1.54) is 18.4 Å². The molecule has 0 aromatic heterocycles. The van der Waals surface area contributed by atoms with Crippen LogP contribution in [0, 0.1) is 40.4 Å². The smallest absolute Gasteiger partial charge is 0.155 e. The molecule has 0 amide bonds. The van der Waals surface area contributed by atoms with Crippen LogP contribution in [0.1, 0.15) is 65.7 Å². The van der Waals surface area contributed by atoms with Crippen molar-refractivity contribution < 1.29 is 15.0 Å². The SMILES string of the molecule is C[C@H]1C[C@@H]2[C@H]([C@@H](O)C[C@]3(C)[C@@H](CCO)CC[C@@H]23)[C@@]2(C)CCC(=O)C=C12. The van der Waals surface area contributed by atoms with Gasteiger partial charge in [0.2, 0.25) is 0 Å². The quantitative estimate of drug-likeness (QED) is 0.801. The Hall–Kier alpha value is -0.670. The zero-order chi connectivity index (χ0) is 18.0. The first-order valence-corrected chi connectivity index (χ1v) is 10.3. The minimum absolute atomic E-state index is 0.00788. The average molecular weight is 347 g/mol. The highest BCUT2D eigenvalue weighted by atomic mass is 16.3. The van der Waals surface area contributed by atoms with Gasteiger partial charge in [0.15, 0.2) is 5.78 Å². The largest absolute Gasteiger partial charge is 0.396 e. The lowest BCUT2D eigenvalue weighted by atomic mass is 9.44. The molecule has 0 unspecified atom stereocenters. The average Bonchev–Trinajstić information content (AvgIpc) is 2.86. The second kappa shape index (κ2) is 5.92. The molecule has 3 saturated carbocycles. The van der Waals surface area contributed by atoms with E-state index in [2.05, 4.69) is 20.8 Å². The van der Waals surface area contributed by atoms with E-state index in [1.807, 2.05) is 6.08 Å². The summed E-state index contributed by atoms with van der Waals surface area (Å²) >= 11 is 0. The zero-order valence-corrected chi connectivity index (χ0v) is 16.0. The summed E-state index contributed by atoms with van der Waals surface area (Å²) in [5, 5.41) is 20.8. The number of fused-ring (bicyclic) bond motifs is 5. The standard InChI is InChI=1S/C22H34O3/c1-13-10-16-17-5-4-14(7-9-23)22(17,3)12-19(25)20(16)21(2)8-6-15(24)11-18(13)21/h11,13-14,16-17,19-20,23,25H,4-10,12H2,1-3H3/t13-,14+,16-,17-,19-,20+,21-,22+/m0/s1. The maximum Gasteiger partial charge on any atom is 0.155 e. The Morgan fingerprint density at radius 2 is 2.04 bits per heavy atom. The van der Waals surface area contributed by atoms with E-state index in [9.17, 15) is 15.0 Å². The van der Waals surface area contributed by atoms with Gasteiger partial charge in [-0.25, -0.2) is 0 Å². The van der Waals surface area contributed by atoms with Gasteiger partial charge >= 0.3 is 0 Å². The van der Waals surface area contributed by atoms with Crippen LogP contribution in [0.25, 0.3) is 0 Å². The van der Waals surface area contributed by atoms with Crippen LogP contribution in [0.4, 0.5) is 0 Å². The number of aliphatic hydroxyl groups excluding tert-OH is 2. The van der Waals surface area contributed by atoms with Crippen LogP contribution < -0.4 is 0 Å². The molecule has 0 spiro atoms. The topological polar surface area (TPSA) is 57.5 Å². The minimum atomic E-state index is -0.278. The summed E-state index contributed by atoms with van der Waals surface area (Å²) in [5.41, 5.74) is 1.48. The summed E-state index contributed by atoms with van der Waals surface area (Å²) in [4.78, 5) is 12.0. The number of hydrogen-bond donors (Lipinski definition) is 2. The first kappa shape index (κ1) is 17.7. The van der Waals surface area contributed by atoms with E-state index in [4.69, 9.17) is 0 Å². The Morgan fingerprint density at radius 1 is 1.28 bits per heavy atom. The third-order valence-corrected chi connectivity index (χ3v) is 8.88. The molecule has 3 heteroatoms. The number of ketones is 1. The number of hydrogen-bond acceptors (Lipinski definition) is 3. The van der Waals surface area contributed by atoms with Crippen molar-refractivity contribution >= 4 is 5.78 Å². The molecule has 2 N–H and O–H groups in total. The Morgan fingerprint density at radius 3 is 2.76 bits per heavy atom. The minimum Gasteiger partial charge on any atom is -0.396 e. The molecule has 0 bridgehead atoms. The van der Waals surface area contributed by atoms with Crippen molar-refractivity contribution in [2.45, 2.75) is 71.8 Å². The Balaban J connectivity index is 1.72. The predicted molar refractivity (Wildman–Crippen MR) is 97.8 cm³/mol. The summed E-state index contributed by atoms with van der Waals surface area (Å²) in [6, 6.07) is 0. The first-order chi connectivity index (χ1) is 11.8. The number of allylic oxidation sites excluding steroid dienone is 1. The van der Waals surface area contributed by atoms with Gasteiger partial charge in [0.1, 0.15) is 0 Å². The fourth-order valence-electron chi connectivity index (χ4n) is 7.85. The van der Waals surface area contributed by atoms with Crippen molar-refractivity contribution in [3.8, 4) is 0 Å². The second-order valence-electron chi connectivity index (χ2n) is 9.98. The van der Waals surface area contributed by atoms with E-state index in [0.29, 0.717) is 36.0 Å². The Bertz CT molecular complexity index is 596. The van der Waals surface area contributed by atoms with Crippen molar-refractivity contribution in [2.24, 2.45) is 40.4 Å². The van der Waals surface area contributed by atoms with E-state index >= 15 is 0 Å². The third-order valence-electron chi connectivity index (χ3n) is 8.88. The lowest BCUT2D eigenvalue weighted by Crippen LogP contribution is -2.57. The molecule has 0 radical (unpaired) electrons. The van der Waals surface area contributed by atoms with Crippen molar-refractivity contribution in [3.63, 3.8) is 0 Å². The summed E-state index contributed by atoms with van der Waals surface area (Å²) in [5.74, 6) is 2.79. The molecule has 25 heavy (non-hydrogen) atoms. The Kier molecular flexibility index (Phi) is 4.20. The van der Waals surface area contributed by atoms with Crippen LogP contribution in [0.2, 0.25) is 0 Å². The van der Waals surface area contributed by atoms with E-state index < -0.39 is 0 Å². The van der Waals surface area contributed by atoms with Gasteiger partial charge in [-0.15, -0.1) is 0 Å². The van der Waals surface area contributed by atoms with Gasteiger partial charge in [-0.3, -0.25) is 4.79 Å². The van der Waals surface area contributed by atoms with Gasteiger partial charge in [0, 0.05) is 13.0 Å². The van der Waals surface area contributed by atoms with E-state index in [0.717, 1.165) is 25.7 Å². The molecule has 4 aliphatic rings. The molecule has 3 fully saturated rings. The predicted octanol–water partition coefficient (Wildman–Crippen LogP) is 3.73. The monoisotopic (exact) mass is 346 g/mol. The highest BCUT2D eigenvalue weighted by molar-refractivity contribution is 5.91.